The van der Waals surface area contributed by atoms with Crippen LogP contribution in [0.2, 0.25) is 0 Å². The van der Waals surface area contributed by atoms with E-state index in [1.54, 1.807) is 10.6 Å². The van der Waals surface area contributed by atoms with Gasteiger partial charge in [0.05, 0.1) is 24.1 Å². The van der Waals surface area contributed by atoms with Crippen molar-refractivity contribution in [3.8, 4) is 0 Å². The average molecular weight is 370 g/mol. The van der Waals surface area contributed by atoms with Gasteiger partial charge in [0.2, 0.25) is 0 Å². The number of rotatable bonds is 3. The van der Waals surface area contributed by atoms with Crippen LogP contribution < -0.4 is 5.32 Å². The van der Waals surface area contributed by atoms with Crippen LogP contribution in [0.1, 0.15) is 11.3 Å². The molecule has 10 heteroatoms. The predicted octanol–water partition coefficient (Wildman–Crippen LogP) is 2.05. The number of likely N-dealkylation sites (tertiary alicyclic amines) is 1. The monoisotopic (exact) mass is 370 g/mol. The molecule has 26 heavy (non-hydrogen) atoms. The van der Waals surface area contributed by atoms with Gasteiger partial charge >= 0.3 is 18.2 Å². The zero-order valence-corrected chi connectivity index (χ0v) is 13.8. The Morgan fingerprint density at radius 2 is 2.04 bits per heavy atom. The molecule has 0 aliphatic carbocycles. The van der Waals surface area contributed by atoms with Gasteiger partial charge in [0.25, 0.3) is 0 Å². The number of amides is 2. The van der Waals surface area contributed by atoms with Gasteiger partial charge in [-0.05, 0) is 18.6 Å². The van der Waals surface area contributed by atoms with Gasteiger partial charge in [-0.15, -0.1) is 0 Å². The molecule has 0 bridgehead atoms. The number of nitrogens with one attached hydrogen (secondary N) is 1. The Morgan fingerprint density at radius 3 is 2.65 bits per heavy atom. The van der Waals surface area contributed by atoms with Crippen molar-refractivity contribution in [2.75, 3.05) is 13.1 Å². The second-order valence-electron chi connectivity index (χ2n) is 6.36. The summed E-state index contributed by atoms with van der Waals surface area (Å²) in [5.74, 6) is -5.28. The molecule has 2 N–H and O–H groups in total. The molecule has 0 spiro atoms. The zero-order chi connectivity index (χ0) is 19.1. The number of imidazole rings is 1. The fourth-order valence-corrected chi connectivity index (χ4v) is 3.07. The summed E-state index contributed by atoms with van der Waals surface area (Å²) in [6.45, 7) is 0.807. The maximum Gasteiger partial charge on any atom is 0.394 e. The van der Waals surface area contributed by atoms with Crippen LogP contribution in [0.4, 0.5) is 18.0 Å². The number of halogens is 3. The van der Waals surface area contributed by atoms with E-state index in [2.05, 4.69) is 10.3 Å². The summed E-state index contributed by atoms with van der Waals surface area (Å²) in [6, 6.07) is 2.96. The van der Waals surface area contributed by atoms with E-state index in [1.807, 2.05) is 25.3 Å². The number of carboxylic acid groups (broad SMARTS) is 1. The quantitative estimate of drug-likeness (QED) is 0.866. The average Bonchev–Trinajstić information content (AvgIpc) is 3.15. The summed E-state index contributed by atoms with van der Waals surface area (Å²) in [5, 5.41) is 11.5. The summed E-state index contributed by atoms with van der Waals surface area (Å²) in [7, 11) is 0. The summed E-state index contributed by atoms with van der Waals surface area (Å²) < 4.78 is 40.7. The Labute approximate surface area is 146 Å². The number of hydrogen-bond donors (Lipinski definition) is 2. The molecule has 2 aromatic rings. The highest BCUT2D eigenvalue weighted by atomic mass is 19.4. The van der Waals surface area contributed by atoms with Gasteiger partial charge in [0.15, 0.2) is 0 Å². The van der Waals surface area contributed by atoms with Crippen molar-refractivity contribution in [2.45, 2.75) is 19.6 Å². The Bertz CT molecular complexity index is 849. The third kappa shape index (κ3) is 3.58. The Kier molecular flexibility index (Phi) is 4.51. The molecule has 0 unspecified atom stereocenters. The maximum absolute atomic E-state index is 13.0. The molecule has 3 heterocycles. The number of carbonyl (C=O) groups is 2. The lowest BCUT2D eigenvalue weighted by atomic mass is 9.96. The summed E-state index contributed by atoms with van der Waals surface area (Å²) >= 11 is 0. The fraction of sp³-hybridized carbons (Fsp3) is 0.438. The molecule has 7 nitrogen and oxygen atoms in total. The lowest BCUT2D eigenvalue weighted by Gasteiger charge is -2.18. The van der Waals surface area contributed by atoms with Crippen LogP contribution >= 0.6 is 0 Å². The van der Waals surface area contributed by atoms with Crippen molar-refractivity contribution in [3.63, 3.8) is 0 Å². The van der Waals surface area contributed by atoms with Gasteiger partial charge in [0, 0.05) is 25.5 Å². The largest absolute Gasteiger partial charge is 0.481 e. The number of aryl methyl sites for hydroxylation is 1. The van der Waals surface area contributed by atoms with Crippen molar-refractivity contribution in [1.29, 1.82) is 0 Å². The van der Waals surface area contributed by atoms with E-state index in [4.69, 9.17) is 5.11 Å². The number of fused-ring (bicyclic) bond motifs is 1. The van der Waals surface area contributed by atoms with Gasteiger partial charge in [-0.25, -0.2) is 9.78 Å². The lowest BCUT2D eigenvalue weighted by Crippen LogP contribution is -2.39. The number of aromatic nitrogens is 2. The number of nitrogens with zero attached hydrogens (tertiary/aromatic N) is 3. The molecular weight excluding hydrogens is 353 g/mol. The van der Waals surface area contributed by atoms with E-state index in [-0.39, 0.29) is 6.54 Å². The van der Waals surface area contributed by atoms with Gasteiger partial charge in [-0.3, -0.25) is 4.79 Å². The van der Waals surface area contributed by atoms with Crippen LogP contribution in [0.25, 0.3) is 5.65 Å². The first-order valence-electron chi connectivity index (χ1n) is 7.91. The highest BCUT2D eigenvalue weighted by Gasteiger charge is 2.53. The predicted molar refractivity (Wildman–Crippen MR) is 84.4 cm³/mol. The Hall–Kier alpha value is -2.78. The summed E-state index contributed by atoms with van der Waals surface area (Å²) in [6.07, 6.45) is -1.10. The number of hydrogen-bond acceptors (Lipinski definition) is 3. The van der Waals surface area contributed by atoms with E-state index in [0.717, 1.165) is 10.5 Å². The first-order valence-corrected chi connectivity index (χ1v) is 7.91. The molecule has 2 amide bonds. The number of pyridine rings is 1. The molecule has 3 rings (SSSR count). The van der Waals surface area contributed by atoms with Gasteiger partial charge in [-0.2, -0.15) is 13.2 Å². The minimum Gasteiger partial charge on any atom is -0.481 e. The molecule has 2 aromatic heterocycles. The van der Waals surface area contributed by atoms with E-state index in [1.165, 1.54) is 0 Å². The normalized spacial score (nSPS) is 20.5. The Balaban J connectivity index is 1.65. The van der Waals surface area contributed by atoms with Crippen LogP contribution in [0.5, 0.6) is 0 Å². The highest BCUT2D eigenvalue weighted by Crippen LogP contribution is 2.37. The molecule has 2 atom stereocenters. The minimum atomic E-state index is -4.67. The first kappa shape index (κ1) is 18.0. The minimum absolute atomic E-state index is 0.0322. The number of carboxylic acids is 1. The SMILES string of the molecule is Cc1ccc2nc(CNC(=O)N3C[C@@H](C(F)(F)F)[C@H](C(=O)O)C3)cn2c1. The number of aliphatic carboxylic acids is 1. The van der Waals surface area contributed by atoms with Crippen LogP contribution in [0, 0.1) is 18.8 Å². The first-order chi connectivity index (χ1) is 12.1. The van der Waals surface area contributed by atoms with Crippen LogP contribution in [0.3, 0.4) is 0 Å². The molecule has 0 saturated carbocycles. The highest BCUT2D eigenvalue weighted by molar-refractivity contribution is 5.77. The molecule has 1 aliphatic rings. The third-order valence-electron chi connectivity index (χ3n) is 4.41. The van der Waals surface area contributed by atoms with E-state index < -0.39 is 43.1 Å². The topological polar surface area (TPSA) is 86.9 Å². The van der Waals surface area contributed by atoms with Crippen molar-refractivity contribution in [1.82, 2.24) is 19.6 Å². The van der Waals surface area contributed by atoms with Crippen LogP contribution in [-0.2, 0) is 11.3 Å². The molecule has 1 saturated heterocycles. The van der Waals surface area contributed by atoms with E-state index in [0.29, 0.717) is 11.3 Å². The second-order valence-corrected chi connectivity index (χ2v) is 6.36. The summed E-state index contributed by atoms with van der Waals surface area (Å²) in [4.78, 5) is 28.4. The van der Waals surface area contributed by atoms with Crippen LogP contribution in [0.15, 0.2) is 24.5 Å². The van der Waals surface area contributed by atoms with Gasteiger partial charge in [-0.1, -0.05) is 6.07 Å². The standard InChI is InChI=1S/C16H17F3N4O3/c1-9-2-3-13-21-10(6-22(13)5-9)4-20-15(26)23-7-11(14(24)25)12(8-23)16(17,18)19/h2-3,5-6,11-12H,4,7-8H2,1H3,(H,20,26)(H,24,25)/t11-,12-/m1/s1. The smallest absolute Gasteiger partial charge is 0.394 e. The molecule has 0 aromatic carbocycles. The van der Waals surface area contributed by atoms with E-state index in [9.17, 15) is 22.8 Å². The van der Waals surface area contributed by atoms with Crippen molar-refractivity contribution < 1.29 is 27.9 Å². The van der Waals surface area contributed by atoms with E-state index >= 15 is 0 Å². The summed E-state index contributed by atoms with van der Waals surface area (Å²) in [5.41, 5.74) is 2.26. The number of alkyl halides is 3. The zero-order valence-electron chi connectivity index (χ0n) is 13.8. The third-order valence-corrected chi connectivity index (χ3v) is 4.41. The molecule has 1 fully saturated rings. The molecule has 0 radical (unpaired) electrons. The maximum atomic E-state index is 13.0. The van der Waals surface area contributed by atoms with Crippen molar-refractivity contribution >= 4 is 17.6 Å². The van der Waals surface area contributed by atoms with Crippen molar-refractivity contribution in [3.05, 3.63) is 35.8 Å². The van der Waals surface area contributed by atoms with Crippen LogP contribution in [-0.4, -0.2) is 50.7 Å². The molecule has 1 aliphatic heterocycles. The second kappa shape index (κ2) is 6.50. The van der Waals surface area contributed by atoms with Crippen molar-refractivity contribution in [2.24, 2.45) is 11.8 Å². The molecule has 140 valence electrons. The van der Waals surface area contributed by atoms with Gasteiger partial charge in [0.1, 0.15) is 5.65 Å². The number of urea groups is 1. The number of carbonyl (C=O) groups excluding carboxylic acids is 1. The fourth-order valence-electron chi connectivity index (χ4n) is 3.07. The molecular formula is C16H17F3N4O3. The lowest BCUT2D eigenvalue weighted by molar-refractivity contribution is -0.187. The van der Waals surface area contributed by atoms with Gasteiger partial charge < -0.3 is 19.7 Å². The Morgan fingerprint density at radius 1 is 1.31 bits per heavy atom.